The van der Waals surface area contributed by atoms with Crippen molar-refractivity contribution >= 4 is 11.6 Å². The van der Waals surface area contributed by atoms with Crippen LogP contribution in [-0.4, -0.2) is 22.5 Å². The second kappa shape index (κ2) is 7.13. The molecule has 2 rings (SSSR count). The summed E-state index contributed by atoms with van der Waals surface area (Å²) in [6, 6.07) is 4.41. The molecule has 0 aliphatic heterocycles. The lowest BCUT2D eigenvalue weighted by atomic mass is 10.2. The number of halogens is 2. The number of carbonyl (C=O) groups excluding carboxylic acids is 1. The lowest BCUT2D eigenvalue weighted by Crippen LogP contribution is -2.21. The van der Waals surface area contributed by atoms with Crippen molar-refractivity contribution in [3.05, 3.63) is 47.4 Å². The molecule has 0 spiro atoms. The molecule has 0 unspecified atom stereocenters. The Hall–Kier alpha value is -2.57. The first-order chi connectivity index (χ1) is 10.8. The van der Waals surface area contributed by atoms with Crippen molar-refractivity contribution < 1.29 is 18.3 Å². The van der Waals surface area contributed by atoms with Crippen LogP contribution in [0.3, 0.4) is 0 Å². The molecule has 0 aliphatic carbocycles. The number of aryl methyl sites for hydroxylation is 1. The number of nitrogens with one attached hydrogen (secondary N) is 1. The number of aromatic nitrogens is 2. The smallest absolute Gasteiger partial charge is 0.262 e. The first kappa shape index (κ1) is 16.8. The molecule has 0 radical (unpaired) electrons. The maximum absolute atomic E-state index is 13.4. The number of hydrogen-bond donors (Lipinski definition) is 1. The summed E-state index contributed by atoms with van der Waals surface area (Å²) in [6.45, 7) is 5.31. The predicted octanol–water partition coefficient (Wildman–Crippen LogP) is 3.20. The van der Waals surface area contributed by atoms with Crippen LogP contribution in [0.15, 0.2) is 24.3 Å². The van der Waals surface area contributed by atoms with Gasteiger partial charge in [-0.1, -0.05) is 13.8 Å². The predicted molar refractivity (Wildman–Crippen MR) is 81.3 cm³/mol. The van der Waals surface area contributed by atoms with Crippen LogP contribution in [0.5, 0.6) is 5.88 Å². The van der Waals surface area contributed by atoms with Gasteiger partial charge in [0, 0.05) is 23.7 Å². The largest absolute Gasteiger partial charge is 0.467 e. The Labute approximate surface area is 132 Å². The Morgan fingerprint density at radius 1 is 1.26 bits per heavy atom. The van der Waals surface area contributed by atoms with Crippen LogP contribution in [-0.2, 0) is 4.79 Å². The molecule has 5 nitrogen and oxygen atoms in total. The fourth-order valence-electron chi connectivity index (χ4n) is 1.81. The molecule has 0 aliphatic rings. The van der Waals surface area contributed by atoms with Crippen LogP contribution >= 0.6 is 0 Å². The van der Waals surface area contributed by atoms with Gasteiger partial charge in [0.1, 0.15) is 17.5 Å². The van der Waals surface area contributed by atoms with Crippen molar-refractivity contribution in [2.75, 3.05) is 11.9 Å². The van der Waals surface area contributed by atoms with Gasteiger partial charge in [-0.15, -0.1) is 0 Å². The standard InChI is InChI=1S/C16H17F2N3O2/c1-9(2)16-19-10(3)6-15(21-16)23-8-14(22)20-13-7-11(17)4-5-12(13)18/h4-7,9H,8H2,1-3H3,(H,20,22). The van der Waals surface area contributed by atoms with E-state index in [9.17, 15) is 13.6 Å². The number of hydrogen-bond acceptors (Lipinski definition) is 4. The van der Waals surface area contributed by atoms with E-state index in [4.69, 9.17) is 4.74 Å². The molecule has 0 atom stereocenters. The van der Waals surface area contributed by atoms with E-state index in [2.05, 4.69) is 15.3 Å². The van der Waals surface area contributed by atoms with Crippen LogP contribution in [0.4, 0.5) is 14.5 Å². The van der Waals surface area contributed by atoms with Gasteiger partial charge >= 0.3 is 0 Å². The van der Waals surface area contributed by atoms with Crippen molar-refractivity contribution in [3.63, 3.8) is 0 Å². The molecule has 0 bridgehead atoms. The van der Waals surface area contributed by atoms with Gasteiger partial charge in [0.2, 0.25) is 5.88 Å². The molecule has 1 aromatic carbocycles. The number of amides is 1. The summed E-state index contributed by atoms with van der Waals surface area (Å²) in [5.74, 6) is -0.993. The second-order valence-electron chi connectivity index (χ2n) is 5.32. The van der Waals surface area contributed by atoms with Gasteiger partial charge in [-0.05, 0) is 19.1 Å². The van der Waals surface area contributed by atoms with Crippen molar-refractivity contribution in [2.24, 2.45) is 0 Å². The lowest BCUT2D eigenvalue weighted by Gasteiger charge is -2.10. The maximum atomic E-state index is 13.4. The van der Waals surface area contributed by atoms with Crippen LogP contribution in [0.2, 0.25) is 0 Å². The molecule has 0 fully saturated rings. The van der Waals surface area contributed by atoms with Crippen LogP contribution in [0.25, 0.3) is 0 Å². The molecule has 122 valence electrons. The van der Waals surface area contributed by atoms with Crippen molar-refractivity contribution in [3.8, 4) is 5.88 Å². The number of carbonyl (C=O) groups is 1. The molecule has 0 saturated carbocycles. The molecule has 1 amide bonds. The normalized spacial score (nSPS) is 10.7. The van der Waals surface area contributed by atoms with Crippen LogP contribution < -0.4 is 10.1 Å². The second-order valence-corrected chi connectivity index (χ2v) is 5.32. The van der Waals surface area contributed by atoms with Crippen molar-refractivity contribution in [2.45, 2.75) is 26.7 Å². The van der Waals surface area contributed by atoms with Gasteiger partial charge in [0.15, 0.2) is 6.61 Å². The van der Waals surface area contributed by atoms with Gasteiger partial charge in [-0.25, -0.2) is 13.8 Å². The molecule has 1 heterocycles. The molecule has 1 N–H and O–H groups in total. The van der Waals surface area contributed by atoms with E-state index in [0.717, 1.165) is 23.9 Å². The summed E-state index contributed by atoms with van der Waals surface area (Å²) in [5.41, 5.74) is 0.482. The summed E-state index contributed by atoms with van der Waals surface area (Å²) < 4.78 is 31.8. The van der Waals surface area contributed by atoms with Crippen molar-refractivity contribution in [1.29, 1.82) is 0 Å². The molecule has 1 aromatic heterocycles. The number of nitrogens with zero attached hydrogens (tertiary/aromatic N) is 2. The zero-order valence-corrected chi connectivity index (χ0v) is 13.1. The molecule has 0 saturated heterocycles. The Kier molecular flexibility index (Phi) is 5.20. The van der Waals surface area contributed by atoms with Crippen LogP contribution in [0.1, 0.15) is 31.3 Å². The van der Waals surface area contributed by atoms with Gasteiger partial charge < -0.3 is 10.1 Å². The number of benzene rings is 1. The fraction of sp³-hybridized carbons (Fsp3) is 0.312. The lowest BCUT2D eigenvalue weighted by molar-refractivity contribution is -0.118. The fourth-order valence-corrected chi connectivity index (χ4v) is 1.81. The van der Waals surface area contributed by atoms with Gasteiger partial charge in [-0.3, -0.25) is 4.79 Å². The molecule has 23 heavy (non-hydrogen) atoms. The first-order valence-electron chi connectivity index (χ1n) is 7.08. The quantitative estimate of drug-likeness (QED) is 0.918. The van der Waals surface area contributed by atoms with Gasteiger partial charge in [0.05, 0.1) is 5.69 Å². The summed E-state index contributed by atoms with van der Waals surface area (Å²) in [4.78, 5) is 20.2. The summed E-state index contributed by atoms with van der Waals surface area (Å²) in [6.07, 6.45) is 0. The van der Waals surface area contributed by atoms with Crippen molar-refractivity contribution in [1.82, 2.24) is 9.97 Å². The monoisotopic (exact) mass is 321 g/mol. The minimum Gasteiger partial charge on any atom is -0.467 e. The highest BCUT2D eigenvalue weighted by atomic mass is 19.1. The van der Waals surface area contributed by atoms with Gasteiger partial charge in [0.25, 0.3) is 5.91 Å². The molecular formula is C16H17F2N3O2. The Balaban J connectivity index is 2.00. The Bertz CT molecular complexity index is 720. The maximum Gasteiger partial charge on any atom is 0.262 e. The van der Waals surface area contributed by atoms with E-state index in [0.29, 0.717) is 5.82 Å². The molecule has 7 heteroatoms. The van der Waals surface area contributed by atoms with Crippen LogP contribution in [0, 0.1) is 18.6 Å². The highest BCUT2D eigenvalue weighted by Gasteiger charge is 2.11. The summed E-state index contributed by atoms with van der Waals surface area (Å²) >= 11 is 0. The topological polar surface area (TPSA) is 64.1 Å². The zero-order chi connectivity index (χ0) is 17.0. The average Bonchev–Trinajstić information content (AvgIpc) is 2.48. The minimum atomic E-state index is -0.722. The Morgan fingerprint density at radius 2 is 2.00 bits per heavy atom. The summed E-state index contributed by atoms with van der Waals surface area (Å²) in [5, 5.41) is 2.25. The third kappa shape index (κ3) is 4.70. The van der Waals surface area contributed by atoms with E-state index in [1.807, 2.05) is 13.8 Å². The SMILES string of the molecule is Cc1cc(OCC(=O)Nc2cc(F)ccc2F)nc(C(C)C)n1. The molecular weight excluding hydrogens is 304 g/mol. The van der Waals surface area contributed by atoms with E-state index in [1.54, 1.807) is 13.0 Å². The third-order valence-electron chi connectivity index (χ3n) is 2.92. The highest BCUT2D eigenvalue weighted by Crippen LogP contribution is 2.17. The Morgan fingerprint density at radius 3 is 2.70 bits per heavy atom. The first-order valence-corrected chi connectivity index (χ1v) is 7.08. The number of anilines is 1. The number of ether oxygens (including phenoxy) is 1. The van der Waals surface area contributed by atoms with Gasteiger partial charge in [-0.2, -0.15) is 4.98 Å². The highest BCUT2D eigenvalue weighted by molar-refractivity contribution is 5.91. The van der Waals surface area contributed by atoms with E-state index < -0.39 is 17.5 Å². The molecule has 2 aromatic rings. The zero-order valence-electron chi connectivity index (χ0n) is 13.1. The third-order valence-corrected chi connectivity index (χ3v) is 2.92. The number of rotatable bonds is 5. The van der Waals surface area contributed by atoms with E-state index in [-0.39, 0.29) is 24.1 Å². The minimum absolute atomic E-state index is 0.118. The van der Waals surface area contributed by atoms with E-state index >= 15 is 0 Å². The van der Waals surface area contributed by atoms with E-state index in [1.165, 1.54) is 0 Å². The average molecular weight is 321 g/mol. The summed E-state index contributed by atoms with van der Waals surface area (Å²) in [7, 11) is 0.